The molecule has 0 atom stereocenters. The molecule has 2 fully saturated rings. The summed E-state index contributed by atoms with van der Waals surface area (Å²) in [6.45, 7) is 2.41. The molecule has 2 amide bonds. The van der Waals surface area contributed by atoms with E-state index >= 15 is 0 Å². The molecule has 0 aromatic heterocycles. The highest BCUT2D eigenvalue weighted by molar-refractivity contribution is 6.02. The molecule has 0 unspecified atom stereocenters. The Labute approximate surface area is 185 Å². The van der Waals surface area contributed by atoms with Crippen LogP contribution in [0.15, 0.2) is 48.5 Å². The largest absolute Gasteiger partial charge is 0.371 e. The molecule has 4 rings (SSSR count). The van der Waals surface area contributed by atoms with E-state index in [1.165, 1.54) is 25.7 Å². The fourth-order valence-electron chi connectivity index (χ4n) is 4.76. The Bertz CT molecular complexity index is 885. The summed E-state index contributed by atoms with van der Waals surface area (Å²) in [6.07, 6.45) is 8.90. The normalized spacial score (nSPS) is 16.5. The van der Waals surface area contributed by atoms with Crippen LogP contribution in [-0.2, 0) is 11.3 Å². The van der Waals surface area contributed by atoms with Gasteiger partial charge < -0.3 is 15.5 Å². The van der Waals surface area contributed by atoms with Crippen molar-refractivity contribution >= 4 is 23.2 Å². The molecule has 2 aromatic carbocycles. The van der Waals surface area contributed by atoms with Gasteiger partial charge in [-0.15, -0.1) is 0 Å². The van der Waals surface area contributed by atoms with Crippen LogP contribution in [-0.4, -0.2) is 24.9 Å². The molecular formula is C26H33N3O2. The van der Waals surface area contributed by atoms with Gasteiger partial charge in [-0.1, -0.05) is 56.0 Å². The summed E-state index contributed by atoms with van der Waals surface area (Å²) in [4.78, 5) is 27.8. The zero-order valence-electron chi connectivity index (χ0n) is 18.2. The van der Waals surface area contributed by atoms with Gasteiger partial charge in [0.2, 0.25) is 5.91 Å². The van der Waals surface area contributed by atoms with Crippen LogP contribution >= 0.6 is 0 Å². The van der Waals surface area contributed by atoms with E-state index in [9.17, 15) is 9.59 Å². The van der Waals surface area contributed by atoms with Crippen molar-refractivity contribution in [1.29, 1.82) is 0 Å². The first kappa shape index (κ1) is 21.4. The summed E-state index contributed by atoms with van der Waals surface area (Å²) in [5, 5.41) is 6.06. The maximum atomic E-state index is 13.1. The minimum absolute atomic E-state index is 0.0384. The number of anilines is 2. The minimum Gasteiger partial charge on any atom is -0.371 e. The van der Waals surface area contributed by atoms with Gasteiger partial charge in [0, 0.05) is 37.4 Å². The number of carbonyl (C=O) groups excluding carboxylic acids is 2. The van der Waals surface area contributed by atoms with E-state index in [1.54, 1.807) is 0 Å². The standard InChI is InChI=1S/C26H33N3O2/c30-25(15-12-20-8-4-5-9-20)28-22-13-14-24(29-16-6-7-17-29)23(18-22)26(31)27-19-21-10-2-1-3-11-21/h1-3,10-11,13-14,18,20H,4-9,12,15-17,19H2,(H,27,31)(H,28,30). The molecule has 31 heavy (non-hydrogen) atoms. The number of hydrogen-bond acceptors (Lipinski definition) is 3. The maximum Gasteiger partial charge on any atom is 0.253 e. The van der Waals surface area contributed by atoms with Gasteiger partial charge >= 0.3 is 0 Å². The zero-order chi connectivity index (χ0) is 21.5. The van der Waals surface area contributed by atoms with Crippen LogP contribution in [0, 0.1) is 5.92 Å². The van der Waals surface area contributed by atoms with Crippen LogP contribution in [0.25, 0.3) is 0 Å². The van der Waals surface area contributed by atoms with Gasteiger partial charge in [-0.25, -0.2) is 0 Å². The molecule has 1 saturated heterocycles. The predicted molar refractivity (Wildman–Crippen MR) is 125 cm³/mol. The highest BCUT2D eigenvalue weighted by Crippen LogP contribution is 2.30. The quantitative estimate of drug-likeness (QED) is 0.624. The molecule has 5 nitrogen and oxygen atoms in total. The van der Waals surface area contributed by atoms with Crippen molar-refractivity contribution < 1.29 is 9.59 Å². The fraction of sp³-hybridized carbons (Fsp3) is 0.462. The Kier molecular flexibility index (Phi) is 7.23. The number of nitrogens with zero attached hydrogens (tertiary/aromatic N) is 1. The molecule has 164 valence electrons. The lowest BCUT2D eigenvalue weighted by Crippen LogP contribution is -2.27. The third-order valence-corrected chi connectivity index (χ3v) is 6.52. The molecule has 2 N–H and O–H groups in total. The van der Waals surface area contributed by atoms with E-state index in [0.717, 1.165) is 43.6 Å². The van der Waals surface area contributed by atoms with E-state index in [1.807, 2.05) is 48.5 Å². The smallest absolute Gasteiger partial charge is 0.253 e. The van der Waals surface area contributed by atoms with Gasteiger partial charge in [-0.05, 0) is 48.9 Å². The molecule has 2 aliphatic rings. The number of nitrogens with one attached hydrogen (secondary N) is 2. The Morgan fingerprint density at radius 3 is 2.42 bits per heavy atom. The van der Waals surface area contributed by atoms with Gasteiger partial charge in [-0.2, -0.15) is 0 Å². The zero-order valence-corrected chi connectivity index (χ0v) is 18.2. The number of carbonyl (C=O) groups is 2. The summed E-state index contributed by atoms with van der Waals surface area (Å²) < 4.78 is 0. The molecule has 1 heterocycles. The van der Waals surface area contributed by atoms with Crippen LogP contribution in [0.3, 0.4) is 0 Å². The second-order valence-corrected chi connectivity index (χ2v) is 8.83. The fourth-order valence-corrected chi connectivity index (χ4v) is 4.76. The Balaban J connectivity index is 1.44. The lowest BCUT2D eigenvalue weighted by atomic mass is 10.0. The van der Waals surface area contributed by atoms with E-state index in [4.69, 9.17) is 0 Å². The highest BCUT2D eigenvalue weighted by Gasteiger charge is 2.21. The lowest BCUT2D eigenvalue weighted by molar-refractivity contribution is -0.116. The lowest BCUT2D eigenvalue weighted by Gasteiger charge is -2.22. The van der Waals surface area contributed by atoms with Crippen molar-refractivity contribution in [2.45, 2.75) is 57.9 Å². The van der Waals surface area contributed by atoms with Crippen LogP contribution < -0.4 is 15.5 Å². The molecule has 2 aromatic rings. The topological polar surface area (TPSA) is 61.4 Å². The monoisotopic (exact) mass is 419 g/mol. The number of amides is 2. The molecule has 1 saturated carbocycles. The van der Waals surface area contributed by atoms with Gasteiger partial charge in [0.05, 0.1) is 5.56 Å². The highest BCUT2D eigenvalue weighted by atomic mass is 16.2. The Morgan fingerprint density at radius 2 is 1.68 bits per heavy atom. The predicted octanol–water partition coefficient (Wildman–Crippen LogP) is 5.13. The summed E-state index contributed by atoms with van der Waals surface area (Å²) in [5.74, 6) is 0.631. The Morgan fingerprint density at radius 1 is 0.935 bits per heavy atom. The summed E-state index contributed by atoms with van der Waals surface area (Å²) in [6, 6.07) is 15.7. The SMILES string of the molecule is O=C(CCC1CCCC1)Nc1ccc(N2CCCC2)c(C(=O)NCc2ccccc2)c1. The van der Waals surface area contributed by atoms with E-state index in [0.29, 0.717) is 30.1 Å². The number of benzene rings is 2. The average molecular weight is 420 g/mol. The second kappa shape index (κ2) is 10.5. The van der Waals surface area contributed by atoms with Crippen LogP contribution in [0.2, 0.25) is 0 Å². The van der Waals surface area contributed by atoms with Crippen molar-refractivity contribution in [3.63, 3.8) is 0 Å². The molecule has 1 aliphatic carbocycles. The molecule has 5 heteroatoms. The Hall–Kier alpha value is -2.82. The van der Waals surface area contributed by atoms with Crippen molar-refractivity contribution in [2.75, 3.05) is 23.3 Å². The van der Waals surface area contributed by atoms with E-state index in [-0.39, 0.29) is 11.8 Å². The van der Waals surface area contributed by atoms with Gasteiger partial charge in [0.1, 0.15) is 0 Å². The van der Waals surface area contributed by atoms with Crippen LogP contribution in [0.1, 0.15) is 67.3 Å². The summed E-state index contributed by atoms with van der Waals surface area (Å²) in [5.41, 5.74) is 3.35. The third kappa shape index (κ3) is 5.87. The molecular weight excluding hydrogens is 386 g/mol. The second-order valence-electron chi connectivity index (χ2n) is 8.83. The van der Waals surface area contributed by atoms with Crippen molar-refractivity contribution in [3.05, 3.63) is 59.7 Å². The molecule has 0 spiro atoms. The van der Waals surface area contributed by atoms with Crippen molar-refractivity contribution in [2.24, 2.45) is 5.92 Å². The van der Waals surface area contributed by atoms with Gasteiger partial charge in [0.25, 0.3) is 5.91 Å². The number of rotatable bonds is 8. The van der Waals surface area contributed by atoms with Crippen molar-refractivity contribution in [3.8, 4) is 0 Å². The number of hydrogen-bond donors (Lipinski definition) is 2. The maximum absolute atomic E-state index is 13.1. The third-order valence-electron chi connectivity index (χ3n) is 6.52. The first-order valence-corrected chi connectivity index (χ1v) is 11.7. The van der Waals surface area contributed by atoms with Gasteiger partial charge in [-0.3, -0.25) is 9.59 Å². The first-order valence-electron chi connectivity index (χ1n) is 11.7. The summed E-state index contributed by atoms with van der Waals surface area (Å²) >= 11 is 0. The van der Waals surface area contributed by atoms with E-state index < -0.39 is 0 Å². The van der Waals surface area contributed by atoms with Gasteiger partial charge in [0.15, 0.2) is 0 Å². The van der Waals surface area contributed by atoms with Crippen LogP contribution in [0.5, 0.6) is 0 Å². The average Bonchev–Trinajstić information content (AvgIpc) is 3.51. The molecule has 1 aliphatic heterocycles. The minimum atomic E-state index is -0.104. The molecule has 0 radical (unpaired) electrons. The van der Waals surface area contributed by atoms with Crippen LogP contribution in [0.4, 0.5) is 11.4 Å². The molecule has 0 bridgehead atoms. The van der Waals surface area contributed by atoms with Crippen molar-refractivity contribution in [1.82, 2.24) is 5.32 Å². The van der Waals surface area contributed by atoms with E-state index in [2.05, 4.69) is 15.5 Å². The summed E-state index contributed by atoms with van der Waals surface area (Å²) in [7, 11) is 0. The first-order chi connectivity index (χ1) is 15.2.